The molecule has 1 heterocycles. The predicted molar refractivity (Wildman–Crippen MR) is 151 cm³/mol. The fourth-order valence-corrected chi connectivity index (χ4v) is 4.84. The van der Waals surface area contributed by atoms with E-state index in [1.807, 2.05) is 32.1 Å². The number of aromatic nitrogens is 3. The zero-order chi connectivity index (χ0) is 25.4. The molecule has 0 spiro atoms. The van der Waals surface area contributed by atoms with Crippen molar-refractivity contribution >= 4 is 5.57 Å². The molecule has 36 heavy (non-hydrogen) atoms. The summed E-state index contributed by atoms with van der Waals surface area (Å²) in [6.07, 6.45) is 6.03. The summed E-state index contributed by atoms with van der Waals surface area (Å²) in [6, 6.07) is 23.6. The minimum atomic E-state index is -0.0870. The van der Waals surface area contributed by atoms with E-state index in [1.165, 1.54) is 27.8 Å². The summed E-state index contributed by atoms with van der Waals surface area (Å²) in [7, 11) is 0. The van der Waals surface area contributed by atoms with E-state index < -0.39 is 0 Å². The van der Waals surface area contributed by atoms with E-state index in [-0.39, 0.29) is 5.41 Å². The van der Waals surface area contributed by atoms with Crippen molar-refractivity contribution in [1.29, 1.82) is 0 Å². The van der Waals surface area contributed by atoms with Gasteiger partial charge in [-0.05, 0) is 49.1 Å². The molecule has 0 amide bonds. The van der Waals surface area contributed by atoms with Gasteiger partial charge in [-0.1, -0.05) is 110 Å². The van der Waals surface area contributed by atoms with E-state index >= 15 is 0 Å². The van der Waals surface area contributed by atoms with Crippen molar-refractivity contribution in [2.24, 2.45) is 0 Å². The molecular weight excluding hydrogens is 438 g/mol. The normalized spacial score (nSPS) is 14.1. The standard InChI is InChI=1S/C33H31N3/c1-7-23(15-12-21(2)3)30-34-31(24-16-13-22(4)14-17-24)36-32(35-30)25-18-19-27-26-10-8-9-11-28(26)33(5,6)29(27)20-25/h7-20H,2H2,1,3-6H3. The Morgan fingerprint density at radius 1 is 0.778 bits per heavy atom. The van der Waals surface area contributed by atoms with Gasteiger partial charge >= 0.3 is 0 Å². The molecule has 0 unspecified atom stereocenters. The van der Waals surface area contributed by atoms with Gasteiger partial charge in [0.2, 0.25) is 0 Å². The summed E-state index contributed by atoms with van der Waals surface area (Å²) in [5, 5.41) is 0. The maximum absolute atomic E-state index is 4.95. The monoisotopic (exact) mass is 469 g/mol. The topological polar surface area (TPSA) is 38.7 Å². The first-order chi connectivity index (χ1) is 17.3. The quantitative estimate of drug-likeness (QED) is 0.276. The molecule has 1 aromatic heterocycles. The second kappa shape index (κ2) is 9.16. The van der Waals surface area contributed by atoms with Crippen molar-refractivity contribution in [2.75, 3.05) is 0 Å². The molecule has 0 N–H and O–H groups in total. The molecule has 1 aliphatic rings. The van der Waals surface area contributed by atoms with Crippen LogP contribution in [-0.4, -0.2) is 15.0 Å². The fraction of sp³-hybridized carbons (Fsp3) is 0.182. The average Bonchev–Trinajstić information content (AvgIpc) is 3.11. The lowest BCUT2D eigenvalue weighted by molar-refractivity contribution is 0.660. The Kier molecular flexibility index (Phi) is 6.01. The van der Waals surface area contributed by atoms with Gasteiger partial charge in [-0.3, -0.25) is 0 Å². The molecule has 0 fully saturated rings. The molecule has 0 bridgehead atoms. The van der Waals surface area contributed by atoms with E-state index in [0.29, 0.717) is 17.5 Å². The van der Waals surface area contributed by atoms with Crippen LogP contribution in [0.25, 0.3) is 39.5 Å². The summed E-state index contributed by atoms with van der Waals surface area (Å²) >= 11 is 0. The molecular formula is C33H31N3. The maximum Gasteiger partial charge on any atom is 0.164 e. The third kappa shape index (κ3) is 4.22. The molecule has 3 nitrogen and oxygen atoms in total. The molecule has 0 saturated carbocycles. The predicted octanol–water partition coefficient (Wildman–Crippen LogP) is 8.36. The maximum atomic E-state index is 4.95. The highest BCUT2D eigenvalue weighted by atomic mass is 15.0. The number of allylic oxidation sites excluding steroid dienone is 5. The first-order valence-electron chi connectivity index (χ1n) is 12.4. The van der Waals surface area contributed by atoms with Crippen LogP contribution < -0.4 is 0 Å². The van der Waals surface area contributed by atoms with E-state index in [1.54, 1.807) is 0 Å². The molecule has 5 rings (SSSR count). The first-order valence-corrected chi connectivity index (χ1v) is 12.4. The third-order valence-electron chi connectivity index (χ3n) is 6.90. The molecule has 3 aromatic carbocycles. The molecule has 0 atom stereocenters. The Morgan fingerprint density at radius 3 is 2.11 bits per heavy atom. The molecule has 3 heteroatoms. The number of aryl methyl sites for hydroxylation is 1. The van der Waals surface area contributed by atoms with Crippen LogP contribution in [0.2, 0.25) is 0 Å². The second-order valence-electron chi connectivity index (χ2n) is 10.0. The van der Waals surface area contributed by atoms with Gasteiger partial charge in [0, 0.05) is 22.1 Å². The van der Waals surface area contributed by atoms with Crippen LogP contribution in [0.15, 0.2) is 97.1 Å². The minimum absolute atomic E-state index is 0.0870. The lowest BCUT2D eigenvalue weighted by atomic mass is 9.82. The van der Waals surface area contributed by atoms with E-state index in [2.05, 4.69) is 94.1 Å². The smallest absolute Gasteiger partial charge is 0.164 e. The Hall–Kier alpha value is -4.11. The second-order valence-corrected chi connectivity index (χ2v) is 10.0. The van der Waals surface area contributed by atoms with Crippen LogP contribution >= 0.6 is 0 Å². The summed E-state index contributed by atoms with van der Waals surface area (Å²) in [5.74, 6) is 1.99. The van der Waals surface area contributed by atoms with Gasteiger partial charge in [0.1, 0.15) is 0 Å². The van der Waals surface area contributed by atoms with Crippen molar-refractivity contribution in [1.82, 2.24) is 15.0 Å². The summed E-state index contributed by atoms with van der Waals surface area (Å²) in [4.78, 5) is 14.8. The highest BCUT2D eigenvalue weighted by molar-refractivity contribution is 5.83. The average molecular weight is 470 g/mol. The summed E-state index contributed by atoms with van der Waals surface area (Å²) in [5.41, 5.74) is 10.2. The molecule has 4 aromatic rings. The highest BCUT2D eigenvalue weighted by Gasteiger charge is 2.35. The number of fused-ring (bicyclic) bond motifs is 3. The van der Waals surface area contributed by atoms with Gasteiger partial charge in [0.25, 0.3) is 0 Å². The molecule has 0 saturated heterocycles. The lowest BCUT2D eigenvalue weighted by Crippen LogP contribution is -2.15. The zero-order valence-electron chi connectivity index (χ0n) is 21.6. The number of hydrogen-bond donors (Lipinski definition) is 0. The van der Waals surface area contributed by atoms with Gasteiger partial charge < -0.3 is 0 Å². The van der Waals surface area contributed by atoms with Crippen LogP contribution in [0, 0.1) is 6.92 Å². The SMILES string of the molecule is C=C(C)C=CC(=CC)c1nc(-c2ccc(C)cc2)nc(-c2ccc3c(c2)C(C)(C)c2ccccc2-3)n1. The van der Waals surface area contributed by atoms with E-state index in [0.717, 1.165) is 22.3 Å². The molecule has 0 radical (unpaired) electrons. The van der Waals surface area contributed by atoms with E-state index in [4.69, 9.17) is 15.0 Å². The van der Waals surface area contributed by atoms with Gasteiger partial charge in [-0.25, -0.2) is 15.0 Å². The van der Waals surface area contributed by atoms with Gasteiger partial charge in [-0.15, -0.1) is 0 Å². The van der Waals surface area contributed by atoms with Gasteiger partial charge in [-0.2, -0.15) is 0 Å². The van der Waals surface area contributed by atoms with Crippen molar-refractivity contribution < 1.29 is 0 Å². The molecule has 178 valence electrons. The molecule has 0 aliphatic heterocycles. The number of nitrogens with zero attached hydrogens (tertiary/aromatic N) is 3. The lowest BCUT2D eigenvalue weighted by Gasteiger charge is -2.21. The summed E-state index contributed by atoms with van der Waals surface area (Å²) < 4.78 is 0. The summed E-state index contributed by atoms with van der Waals surface area (Å²) in [6.45, 7) is 14.6. The Labute approximate surface area is 214 Å². The Bertz CT molecular complexity index is 1540. The van der Waals surface area contributed by atoms with Gasteiger partial charge in [0.15, 0.2) is 17.5 Å². The zero-order valence-corrected chi connectivity index (χ0v) is 21.6. The van der Waals surface area contributed by atoms with Crippen molar-refractivity contribution in [3.63, 3.8) is 0 Å². The van der Waals surface area contributed by atoms with Crippen LogP contribution in [0.3, 0.4) is 0 Å². The fourth-order valence-electron chi connectivity index (χ4n) is 4.84. The first kappa shape index (κ1) is 23.6. The van der Waals surface area contributed by atoms with Gasteiger partial charge in [0.05, 0.1) is 0 Å². The van der Waals surface area contributed by atoms with Crippen molar-refractivity contribution in [3.8, 4) is 33.9 Å². The largest absolute Gasteiger partial charge is 0.208 e. The van der Waals surface area contributed by atoms with Crippen LogP contribution in [0.5, 0.6) is 0 Å². The van der Waals surface area contributed by atoms with Crippen molar-refractivity contribution in [3.05, 3.63) is 120 Å². The Balaban J connectivity index is 1.68. The number of hydrogen-bond acceptors (Lipinski definition) is 3. The minimum Gasteiger partial charge on any atom is -0.208 e. The van der Waals surface area contributed by atoms with E-state index in [9.17, 15) is 0 Å². The number of benzene rings is 3. The highest BCUT2D eigenvalue weighted by Crippen LogP contribution is 2.49. The number of rotatable bonds is 5. The Morgan fingerprint density at radius 2 is 1.42 bits per heavy atom. The third-order valence-corrected chi connectivity index (χ3v) is 6.90. The molecule has 1 aliphatic carbocycles. The van der Waals surface area contributed by atoms with Crippen LogP contribution in [0.4, 0.5) is 0 Å². The van der Waals surface area contributed by atoms with Crippen LogP contribution in [-0.2, 0) is 5.41 Å². The van der Waals surface area contributed by atoms with Crippen molar-refractivity contribution in [2.45, 2.75) is 40.0 Å². The van der Waals surface area contributed by atoms with Crippen LogP contribution in [0.1, 0.15) is 50.2 Å².